The molecule has 14 heavy (non-hydrogen) atoms. The number of ether oxygens (including phenoxy) is 1. The lowest BCUT2D eigenvalue weighted by molar-refractivity contribution is 0.0860. The number of methoxy groups -OCH3 is 1. The van der Waals surface area contributed by atoms with E-state index in [1.807, 2.05) is 0 Å². The van der Waals surface area contributed by atoms with Crippen LogP contribution in [-0.4, -0.2) is 28.7 Å². The standard InChI is InChI=1S/C9H9ClO4/c1-14-7-4-5(2-3-6(7)11)8(12)9(10)13/h2-4,9,11,13H,1H3. The number of Topliss-reactive ketones (excluding diaryl/α,β-unsaturated/α-hetero) is 1. The second-order valence-corrected chi connectivity index (χ2v) is 3.00. The molecule has 0 bridgehead atoms. The van der Waals surface area contributed by atoms with E-state index in [0.717, 1.165) is 0 Å². The number of ketones is 1. The van der Waals surface area contributed by atoms with Crippen LogP contribution in [0.2, 0.25) is 0 Å². The molecule has 1 aromatic rings. The summed E-state index contributed by atoms with van der Waals surface area (Å²) < 4.78 is 4.79. The van der Waals surface area contributed by atoms with Crippen LogP contribution in [0.3, 0.4) is 0 Å². The van der Waals surface area contributed by atoms with Crippen molar-refractivity contribution in [2.24, 2.45) is 0 Å². The quantitative estimate of drug-likeness (QED) is 0.587. The van der Waals surface area contributed by atoms with Gasteiger partial charge in [0.1, 0.15) is 0 Å². The number of hydrogen-bond donors (Lipinski definition) is 2. The van der Waals surface area contributed by atoms with Gasteiger partial charge in [-0.3, -0.25) is 4.79 Å². The molecule has 1 aromatic carbocycles. The molecule has 1 atom stereocenters. The van der Waals surface area contributed by atoms with Crippen molar-refractivity contribution in [3.05, 3.63) is 23.8 Å². The van der Waals surface area contributed by atoms with Gasteiger partial charge in [-0.1, -0.05) is 11.6 Å². The highest BCUT2D eigenvalue weighted by Crippen LogP contribution is 2.26. The van der Waals surface area contributed by atoms with E-state index in [0.29, 0.717) is 0 Å². The van der Waals surface area contributed by atoms with Crippen LogP contribution in [0.15, 0.2) is 18.2 Å². The third-order valence-corrected chi connectivity index (χ3v) is 1.88. The number of halogens is 1. The zero-order chi connectivity index (χ0) is 10.7. The minimum absolute atomic E-state index is 0.0758. The molecule has 5 heteroatoms. The van der Waals surface area contributed by atoms with Gasteiger partial charge in [0.2, 0.25) is 5.78 Å². The van der Waals surface area contributed by atoms with Crippen molar-refractivity contribution >= 4 is 17.4 Å². The van der Waals surface area contributed by atoms with Crippen molar-refractivity contribution in [2.45, 2.75) is 5.56 Å². The molecule has 0 aliphatic rings. The predicted octanol–water partition coefficient (Wildman–Crippen LogP) is 1.14. The summed E-state index contributed by atoms with van der Waals surface area (Å²) in [6, 6.07) is 3.96. The van der Waals surface area contributed by atoms with Gasteiger partial charge in [0.05, 0.1) is 7.11 Å². The molecule has 4 nitrogen and oxygen atoms in total. The molecule has 2 N–H and O–H groups in total. The van der Waals surface area contributed by atoms with Gasteiger partial charge in [0.25, 0.3) is 0 Å². The summed E-state index contributed by atoms with van der Waals surface area (Å²) in [5.41, 5.74) is -1.40. The Hall–Kier alpha value is -1.26. The molecule has 0 spiro atoms. The van der Waals surface area contributed by atoms with Crippen LogP contribution < -0.4 is 4.74 Å². The molecule has 0 saturated carbocycles. The summed E-state index contributed by atoms with van der Waals surface area (Å²) >= 11 is 5.20. The summed E-state index contributed by atoms with van der Waals surface area (Å²) in [7, 11) is 1.36. The van der Waals surface area contributed by atoms with Crippen LogP contribution in [0.4, 0.5) is 0 Å². The molecule has 0 aliphatic heterocycles. The van der Waals surface area contributed by atoms with Gasteiger partial charge in [-0.25, -0.2) is 0 Å². The minimum Gasteiger partial charge on any atom is -0.504 e. The Morgan fingerprint density at radius 2 is 2.21 bits per heavy atom. The van der Waals surface area contributed by atoms with Gasteiger partial charge in [-0.15, -0.1) is 0 Å². The Bertz CT molecular complexity index is 349. The number of aromatic hydroxyl groups is 1. The topological polar surface area (TPSA) is 66.8 Å². The van der Waals surface area contributed by atoms with Crippen molar-refractivity contribution in [1.29, 1.82) is 0 Å². The molecule has 0 amide bonds. The maximum absolute atomic E-state index is 11.2. The van der Waals surface area contributed by atoms with Gasteiger partial charge in [-0.2, -0.15) is 0 Å². The first-order valence-corrected chi connectivity index (χ1v) is 4.23. The van der Waals surface area contributed by atoms with Crippen LogP contribution in [0.25, 0.3) is 0 Å². The number of aliphatic hydroxyl groups excluding tert-OH is 1. The van der Waals surface area contributed by atoms with E-state index in [2.05, 4.69) is 0 Å². The zero-order valence-electron chi connectivity index (χ0n) is 7.40. The van der Waals surface area contributed by atoms with E-state index in [1.165, 1.54) is 25.3 Å². The first-order valence-electron chi connectivity index (χ1n) is 3.79. The largest absolute Gasteiger partial charge is 0.504 e. The second kappa shape index (κ2) is 4.30. The number of carbonyl (C=O) groups is 1. The Labute approximate surface area is 85.7 Å². The average Bonchev–Trinajstić information content (AvgIpc) is 2.17. The maximum Gasteiger partial charge on any atom is 0.206 e. The zero-order valence-corrected chi connectivity index (χ0v) is 8.15. The van der Waals surface area contributed by atoms with E-state index in [1.54, 1.807) is 0 Å². The molecule has 0 aromatic heterocycles. The van der Waals surface area contributed by atoms with Crippen molar-refractivity contribution in [3.63, 3.8) is 0 Å². The number of phenols is 1. The monoisotopic (exact) mass is 216 g/mol. The van der Waals surface area contributed by atoms with Crippen LogP contribution in [0, 0.1) is 0 Å². The van der Waals surface area contributed by atoms with Crippen molar-refractivity contribution in [3.8, 4) is 11.5 Å². The fourth-order valence-corrected chi connectivity index (χ4v) is 1.09. The molecule has 0 saturated heterocycles. The summed E-state index contributed by atoms with van der Waals surface area (Å²) in [5, 5.41) is 18.0. The highest BCUT2D eigenvalue weighted by atomic mass is 35.5. The van der Waals surface area contributed by atoms with Crippen LogP contribution in [-0.2, 0) is 0 Å². The van der Waals surface area contributed by atoms with Gasteiger partial charge in [-0.05, 0) is 18.2 Å². The molecular formula is C9H9ClO4. The first kappa shape index (κ1) is 10.8. The lowest BCUT2D eigenvalue weighted by Crippen LogP contribution is -2.13. The van der Waals surface area contributed by atoms with E-state index in [4.69, 9.17) is 21.4 Å². The molecule has 1 unspecified atom stereocenters. The molecule has 0 fully saturated rings. The lowest BCUT2D eigenvalue weighted by atomic mass is 10.1. The first-order chi connectivity index (χ1) is 6.56. The summed E-state index contributed by atoms with van der Waals surface area (Å²) in [5.74, 6) is -0.550. The van der Waals surface area contributed by atoms with E-state index in [-0.39, 0.29) is 17.1 Å². The summed E-state index contributed by atoms with van der Waals surface area (Å²) in [4.78, 5) is 11.2. The van der Waals surface area contributed by atoms with Crippen molar-refractivity contribution < 1.29 is 19.7 Å². The van der Waals surface area contributed by atoms with Crippen LogP contribution in [0.1, 0.15) is 10.4 Å². The molecule has 0 aliphatic carbocycles. The average molecular weight is 217 g/mol. The molecule has 0 radical (unpaired) electrons. The number of phenolic OH excluding ortho intramolecular Hbond substituents is 1. The molecule has 1 rings (SSSR count). The fourth-order valence-electron chi connectivity index (χ4n) is 0.968. The number of benzene rings is 1. The third kappa shape index (κ3) is 2.16. The summed E-state index contributed by atoms with van der Waals surface area (Å²) in [6.45, 7) is 0. The van der Waals surface area contributed by atoms with Crippen molar-refractivity contribution in [2.75, 3.05) is 7.11 Å². The van der Waals surface area contributed by atoms with Crippen molar-refractivity contribution in [1.82, 2.24) is 0 Å². The molecule has 0 heterocycles. The van der Waals surface area contributed by atoms with Gasteiger partial charge in [0, 0.05) is 5.56 Å². The van der Waals surface area contributed by atoms with E-state index in [9.17, 15) is 9.90 Å². The Kier molecular flexibility index (Phi) is 3.33. The number of carbonyl (C=O) groups excluding carboxylic acids is 1. The normalized spacial score (nSPS) is 12.2. The Morgan fingerprint density at radius 3 is 2.71 bits per heavy atom. The Morgan fingerprint density at radius 1 is 1.57 bits per heavy atom. The molecular weight excluding hydrogens is 208 g/mol. The number of alkyl halides is 1. The predicted molar refractivity (Wildman–Crippen MR) is 50.8 cm³/mol. The van der Waals surface area contributed by atoms with Crippen LogP contribution >= 0.6 is 11.6 Å². The summed E-state index contributed by atoms with van der Waals surface area (Å²) in [6.07, 6.45) is 0. The van der Waals surface area contributed by atoms with E-state index >= 15 is 0 Å². The number of rotatable bonds is 3. The fraction of sp³-hybridized carbons (Fsp3) is 0.222. The Balaban J connectivity index is 3.06. The van der Waals surface area contributed by atoms with Gasteiger partial charge >= 0.3 is 0 Å². The smallest absolute Gasteiger partial charge is 0.206 e. The lowest BCUT2D eigenvalue weighted by Gasteiger charge is -2.06. The second-order valence-electron chi connectivity index (χ2n) is 2.59. The van der Waals surface area contributed by atoms with Crippen LogP contribution in [0.5, 0.6) is 11.5 Å². The highest BCUT2D eigenvalue weighted by molar-refractivity contribution is 6.32. The highest BCUT2D eigenvalue weighted by Gasteiger charge is 2.15. The number of aliphatic hydroxyl groups is 1. The SMILES string of the molecule is COc1cc(C(=O)C(O)Cl)ccc1O. The molecule has 76 valence electrons. The van der Waals surface area contributed by atoms with E-state index < -0.39 is 11.3 Å². The van der Waals surface area contributed by atoms with Gasteiger partial charge < -0.3 is 14.9 Å². The third-order valence-electron chi connectivity index (χ3n) is 1.68. The number of hydrogen-bond acceptors (Lipinski definition) is 4. The minimum atomic E-state index is -1.58. The van der Waals surface area contributed by atoms with Gasteiger partial charge in [0.15, 0.2) is 17.1 Å². The maximum atomic E-state index is 11.2.